The van der Waals surface area contributed by atoms with Gasteiger partial charge in [0.1, 0.15) is 0 Å². The maximum atomic E-state index is 11.6. The van der Waals surface area contributed by atoms with Gasteiger partial charge in [-0.15, -0.1) is 0 Å². The lowest BCUT2D eigenvalue weighted by Crippen LogP contribution is -2.30. The summed E-state index contributed by atoms with van der Waals surface area (Å²) in [6.07, 6.45) is 2.36. The first-order chi connectivity index (χ1) is 8.56. The van der Waals surface area contributed by atoms with Crippen LogP contribution in [0.3, 0.4) is 0 Å². The first-order valence-corrected chi connectivity index (χ1v) is 6.43. The number of carbonyl (C=O) groups excluding carboxylic acids is 1. The molecule has 6 heteroatoms. The summed E-state index contributed by atoms with van der Waals surface area (Å²) >= 11 is 3.23. The molecule has 0 aliphatic heterocycles. The Labute approximate surface area is 113 Å². The summed E-state index contributed by atoms with van der Waals surface area (Å²) in [5.74, 6) is -0.381. The molecular formula is C12H13BrN2O3. The van der Waals surface area contributed by atoms with Gasteiger partial charge in [-0.05, 0) is 52.9 Å². The number of carbonyl (C=O) groups is 2. The first-order valence-electron chi connectivity index (χ1n) is 5.64. The number of anilines is 1. The van der Waals surface area contributed by atoms with Crippen LogP contribution in [0, 0.1) is 5.92 Å². The van der Waals surface area contributed by atoms with E-state index in [0.717, 1.165) is 0 Å². The highest BCUT2D eigenvalue weighted by atomic mass is 79.9. The van der Waals surface area contributed by atoms with E-state index in [-0.39, 0.29) is 11.6 Å². The quantitative estimate of drug-likeness (QED) is 0.799. The van der Waals surface area contributed by atoms with E-state index in [2.05, 4.69) is 26.6 Å². The summed E-state index contributed by atoms with van der Waals surface area (Å²) in [4.78, 5) is 22.3. The smallest absolute Gasteiger partial charge is 0.335 e. The van der Waals surface area contributed by atoms with Crippen LogP contribution in [0.25, 0.3) is 0 Å². The van der Waals surface area contributed by atoms with Gasteiger partial charge < -0.3 is 15.7 Å². The predicted molar refractivity (Wildman–Crippen MR) is 70.8 cm³/mol. The van der Waals surface area contributed by atoms with Crippen LogP contribution in [0.4, 0.5) is 10.5 Å². The Morgan fingerprint density at radius 1 is 1.39 bits per heavy atom. The summed E-state index contributed by atoms with van der Waals surface area (Å²) in [6.45, 7) is 0.691. The number of urea groups is 1. The molecule has 0 bridgehead atoms. The molecule has 1 aromatic carbocycles. The number of carboxylic acids is 1. The van der Waals surface area contributed by atoms with Crippen molar-refractivity contribution in [3.8, 4) is 0 Å². The Balaban J connectivity index is 1.95. The largest absolute Gasteiger partial charge is 0.478 e. The van der Waals surface area contributed by atoms with Crippen molar-refractivity contribution in [3.63, 3.8) is 0 Å². The maximum absolute atomic E-state index is 11.6. The Kier molecular flexibility index (Phi) is 3.86. The minimum atomic E-state index is -1.000. The minimum Gasteiger partial charge on any atom is -0.478 e. The van der Waals surface area contributed by atoms with Crippen LogP contribution in [0.5, 0.6) is 0 Å². The molecule has 2 amide bonds. The van der Waals surface area contributed by atoms with Crippen molar-refractivity contribution < 1.29 is 14.7 Å². The van der Waals surface area contributed by atoms with Crippen LogP contribution >= 0.6 is 15.9 Å². The highest BCUT2D eigenvalue weighted by molar-refractivity contribution is 9.10. The van der Waals surface area contributed by atoms with E-state index in [1.807, 2.05) is 0 Å². The molecule has 0 radical (unpaired) electrons. The summed E-state index contributed by atoms with van der Waals surface area (Å²) in [5.41, 5.74) is 0.721. The number of carboxylic acid groups (broad SMARTS) is 1. The second-order valence-electron chi connectivity index (χ2n) is 4.28. The van der Waals surface area contributed by atoms with Crippen LogP contribution in [-0.2, 0) is 0 Å². The second-order valence-corrected chi connectivity index (χ2v) is 5.13. The number of hydrogen-bond acceptors (Lipinski definition) is 2. The van der Waals surface area contributed by atoms with Crippen molar-refractivity contribution >= 4 is 33.6 Å². The highest BCUT2D eigenvalue weighted by Crippen LogP contribution is 2.27. The second kappa shape index (κ2) is 5.39. The van der Waals surface area contributed by atoms with Crippen molar-refractivity contribution in [2.75, 3.05) is 11.9 Å². The molecule has 0 unspecified atom stereocenters. The van der Waals surface area contributed by atoms with E-state index in [1.165, 1.54) is 25.0 Å². The first kappa shape index (κ1) is 12.9. The van der Waals surface area contributed by atoms with E-state index < -0.39 is 5.97 Å². The number of nitrogens with one attached hydrogen (secondary N) is 2. The predicted octanol–water partition coefficient (Wildman–Crippen LogP) is 2.68. The summed E-state index contributed by atoms with van der Waals surface area (Å²) in [7, 11) is 0. The number of hydrogen-bond donors (Lipinski definition) is 3. The van der Waals surface area contributed by atoms with Crippen molar-refractivity contribution in [2.24, 2.45) is 5.92 Å². The number of benzene rings is 1. The van der Waals surface area contributed by atoms with Crippen LogP contribution in [0.15, 0.2) is 22.7 Å². The normalized spacial score (nSPS) is 14.1. The molecule has 0 spiro atoms. The Morgan fingerprint density at radius 2 is 2.11 bits per heavy atom. The molecule has 1 fully saturated rings. The number of rotatable bonds is 4. The third kappa shape index (κ3) is 3.46. The van der Waals surface area contributed by atoms with Gasteiger partial charge in [-0.25, -0.2) is 9.59 Å². The molecule has 0 saturated heterocycles. The Bertz CT molecular complexity index is 486. The van der Waals surface area contributed by atoms with Crippen LogP contribution in [-0.4, -0.2) is 23.7 Å². The molecule has 96 valence electrons. The molecular weight excluding hydrogens is 300 g/mol. The molecule has 0 aromatic heterocycles. The van der Waals surface area contributed by atoms with E-state index in [9.17, 15) is 9.59 Å². The number of halogens is 1. The van der Waals surface area contributed by atoms with Crippen molar-refractivity contribution in [2.45, 2.75) is 12.8 Å². The third-order valence-electron chi connectivity index (χ3n) is 2.71. The van der Waals surface area contributed by atoms with Crippen LogP contribution < -0.4 is 10.6 Å². The van der Waals surface area contributed by atoms with E-state index in [1.54, 1.807) is 6.07 Å². The average Bonchev–Trinajstić information content (AvgIpc) is 3.13. The van der Waals surface area contributed by atoms with Gasteiger partial charge in [-0.1, -0.05) is 0 Å². The topological polar surface area (TPSA) is 78.4 Å². The lowest BCUT2D eigenvalue weighted by molar-refractivity contribution is 0.0697. The van der Waals surface area contributed by atoms with Crippen molar-refractivity contribution in [1.82, 2.24) is 5.32 Å². The lowest BCUT2D eigenvalue weighted by Gasteiger charge is -2.09. The molecule has 18 heavy (non-hydrogen) atoms. The molecule has 1 saturated carbocycles. The molecule has 1 aliphatic carbocycles. The van der Waals surface area contributed by atoms with Crippen LogP contribution in [0.1, 0.15) is 23.2 Å². The molecule has 5 nitrogen and oxygen atoms in total. The minimum absolute atomic E-state index is 0.172. The molecule has 3 N–H and O–H groups in total. The zero-order valence-corrected chi connectivity index (χ0v) is 11.2. The molecule has 0 atom stereocenters. The third-order valence-corrected chi connectivity index (χ3v) is 3.37. The summed E-state index contributed by atoms with van der Waals surface area (Å²) < 4.78 is 0.545. The van der Waals surface area contributed by atoms with Gasteiger partial charge in [0.25, 0.3) is 0 Å². The van der Waals surface area contributed by atoms with Gasteiger partial charge >= 0.3 is 12.0 Å². The monoisotopic (exact) mass is 312 g/mol. The fraction of sp³-hybridized carbons (Fsp3) is 0.333. The van der Waals surface area contributed by atoms with Gasteiger partial charge in [0.15, 0.2) is 0 Å². The van der Waals surface area contributed by atoms with Gasteiger partial charge in [-0.3, -0.25) is 0 Å². The van der Waals surface area contributed by atoms with E-state index in [0.29, 0.717) is 22.6 Å². The fourth-order valence-corrected chi connectivity index (χ4v) is 1.95. The Hall–Kier alpha value is -1.56. The fourth-order valence-electron chi connectivity index (χ4n) is 1.48. The standard InChI is InChI=1S/C12H13BrN2O3/c13-9-5-8(11(16)17)3-4-10(9)15-12(18)14-6-7-1-2-7/h3-5,7H,1-2,6H2,(H,16,17)(H2,14,15,18). The molecule has 1 aliphatic rings. The summed E-state index contributed by atoms with van der Waals surface area (Å²) in [6, 6.07) is 4.19. The zero-order chi connectivity index (χ0) is 13.1. The van der Waals surface area contributed by atoms with Crippen molar-refractivity contribution in [1.29, 1.82) is 0 Å². The van der Waals surface area contributed by atoms with Gasteiger partial charge in [0, 0.05) is 11.0 Å². The highest BCUT2D eigenvalue weighted by Gasteiger charge is 2.21. The molecule has 2 rings (SSSR count). The zero-order valence-electron chi connectivity index (χ0n) is 9.57. The van der Waals surface area contributed by atoms with E-state index >= 15 is 0 Å². The molecule has 1 aromatic rings. The van der Waals surface area contributed by atoms with Gasteiger partial charge in [-0.2, -0.15) is 0 Å². The Morgan fingerprint density at radius 3 is 2.67 bits per heavy atom. The lowest BCUT2D eigenvalue weighted by atomic mass is 10.2. The van der Waals surface area contributed by atoms with E-state index in [4.69, 9.17) is 5.11 Å². The van der Waals surface area contributed by atoms with Gasteiger partial charge in [0.05, 0.1) is 11.3 Å². The van der Waals surface area contributed by atoms with Gasteiger partial charge in [0.2, 0.25) is 0 Å². The number of amides is 2. The number of aromatic carboxylic acids is 1. The average molecular weight is 313 g/mol. The SMILES string of the molecule is O=C(NCC1CC1)Nc1ccc(C(=O)O)cc1Br. The summed E-state index contributed by atoms with van der Waals surface area (Å²) in [5, 5.41) is 14.3. The van der Waals surface area contributed by atoms with Crippen LogP contribution in [0.2, 0.25) is 0 Å². The maximum Gasteiger partial charge on any atom is 0.335 e. The molecule has 0 heterocycles. The van der Waals surface area contributed by atoms with Crippen molar-refractivity contribution in [3.05, 3.63) is 28.2 Å².